The summed E-state index contributed by atoms with van der Waals surface area (Å²) in [6.07, 6.45) is 1.67. The molecule has 1 fully saturated rings. The van der Waals surface area contributed by atoms with Gasteiger partial charge in [-0.1, -0.05) is 24.3 Å². The lowest BCUT2D eigenvalue weighted by atomic mass is 10.0. The number of rotatable bonds is 6. The van der Waals surface area contributed by atoms with Gasteiger partial charge in [-0.05, 0) is 81.0 Å². The van der Waals surface area contributed by atoms with E-state index in [2.05, 4.69) is 42.5 Å². The molecule has 1 saturated heterocycles. The maximum absolute atomic E-state index is 13.0. The van der Waals surface area contributed by atoms with Crippen LogP contribution < -0.4 is 10.6 Å². The molecule has 2 N–H and O–H groups in total. The Bertz CT molecular complexity index is 1100. The van der Waals surface area contributed by atoms with Gasteiger partial charge in [-0.25, -0.2) is 14.4 Å². The van der Waals surface area contributed by atoms with Crippen LogP contribution in [-0.4, -0.2) is 59.6 Å². The van der Waals surface area contributed by atoms with Gasteiger partial charge in [0.1, 0.15) is 6.04 Å². The number of carbonyl (C=O) groups excluding carboxylic acids is 3. The molecule has 35 heavy (non-hydrogen) atoms. The molecule has 1 unspecified atom stereocenters. The number of esters is 1. The molecule has 0 aliphatic carbocycles. The number of urea groups is 2. The fourth-order valence-electron chi connectivity index (χ4n) is 4.48. The van der Waals surface area contributed by atoms with Gasteiger partial charge < -0.3 is 25.2 Å². The quantitative estimate of drug-likeness (QED) is 0.457. The molecule has 0 aromatic heterocycles. The molecule has 8 nitrogen and oxygen atoms in total. The summed E-state index contributed by atoms with van der Waals surface area (Å²) in [5, 5.41) is 5.82. The number of halogens is 2. The first-order valence-electron chi connectivity index (χ1n) is 11.7. The summed E-state index contributed by atoms with van der Waals surface area (Å²) in [5.41, 5.74) is 2.84. The zero-order chi connectivity index (χ0) is 24.9. The molecular formula is C25H28Br2N4O4. The number of ether oxygens (including phenoxy) is 1. The van der Waals surface area contributed by atoms with Crippen molar-refractivity contribution in [3.63, 3.8) is 0 Å². The van der Waals surface area contributed by atoms with Crippen LogP contribution in [0.5, 0.6) is 0 Å². The molecule has 2 aromatic rings. The van der Waals surface area contributed by atoms with Crippen LogP contribution in [-0.2, 0) is 22.5 Å². The number of benzene rings is 2. The molecule has 0 bridgehead atoms. The Morgan fingerprint density at radius 3 is 2.60 bits per heavy atom. The fraction of sp³-hybridized carbons (Fsp3) is 0.400. The Balaban J connectivity index is 1.36. The second-order valence-electron chi connectivity index (χ2n) is 8.64. The minimum absolute atomic E-state index is 0.0494. The average molecular weight is 608 g/mol. The number of hydrogen-bond acceptors (Lipinski definition) is 4. The first-order valence-corrected chi connectivity index (χ1v) is 13.3. The second kappa shape index (κ2) is 11.4. The number of amides is 4. The summed E-state index contributed by atoms with van der Waals surface area (Å²) in [4.78, 5) is 41.8. The summed E-state index contributed by atoms with van der Waals surface area (Å²) < 4.78 is 6.99. The van der Waals surface area contributed by atoms with E-state index in [1.165, 1.54) is 0 Å². The van der Waals surface area contributed by atoms with Gasteiger partial charge in [-0.2, -0.15) is 0 Å². The molecule has 2 aromatic carbocycles. The minimum atomic E-state index is -0.794. The van der Waals surface area contributed by atoms with Crippen molar-refractivity contribution in [2.45, 2.75) is 44.8 Å². The van der Waals surface area contributed by atoms with Crippen molar-refractivity contribution in [1.29, 1.82) is 0 Å². The van der Waals surface area contributed by atoms with Crippen LogP contribution in [0.1, 0.15) is 30.9 Å². The van der Waals surface area contributed by atoms with Crippen LogP contribution in [0, 0.1) is 0 Å². The molecule has 4 amide bonds. The molecule has 10 heteroatoms. The summed E-state index contributed by atoms with van der Waals surface area (Å²) in [6.45, 7) is 3.55. The lowest BCUT2D eigenvalue weighted by molar-refractivity contribution is -0.145. The molecule has 2 heterocycles. The summed E-state index contributed by atoms with van der Waals surface area (Å²) in [7, 11) is 0. The topological polar surface area (TPSA) is 91.0 Å². The zero-order valence-electron chi connectivity index (χ0n) is 19.4. The molecule has 2 aliphatic heterocycles. The highest BCUT2D eigenvalue weighted by atomic mass is 79.9. The van der Waals surface area contributed by atoms with Gasteiger partial charge in [-0.15, -0.1) is 0 Å². The SMILES string of the molecule is CCOC(=O)C(Cc1ccc(Br)c(Br)c1)NC(=O)N1CCC(N2Cc3ccccc3NC2=O)CC1. The first-order chi connectivity index (χ1) is 16.9. The van der Waals surface area contributed by atoms with Gasteiger partial charge in [0.15, 0.2) is 0 Å². The number of nitrogens with zero attached hydrogens (tertiary/aromatic N) is 2. The summed E-state index contributed by atoms with van der Waals surface area (Å²) >= 11 is 6.92. The highest BCUT2D eigenvalue weighted by molar-refractivity contribution is 9.13. The Kier molecular flexibility index (Phi) is 8.33. The second-order valence-corrected chi connectivity index (χ2v) is 10.3. The summed E-state index contributed by atoms with van der Waals surface area (Å²) in [6, 6.07) is 12.4. The minimum Gasteiger partial charge on any atom is -0.464 e. The molecule has 0 radical (unpaired) electrons. The van der Waals surface area contributed by atoms with E-state index in [4.69, 9.17) is 4.74 Å². The zero-order valence-corrected chi connectivity index (χ0v) is 22.6. The monoisotopic (exact) mass is 606 g/mol. The molecule has 1 atom stereocenters. The number of piperidine rings is 1. The van der Waals surface area contributed by atoms with Crippen molar-refractivity contribution in [1.82, 2.24) is 15.1 Å². The number of likely N-dealkylation sites (tertiary alicyclic amines) is 1. The molecular weight excluding hydrogens is 580 g/mol. The third-order valence-corrected chi connectivity index (χ3v) is 8.23. The van der Waals surface area contributed by atoms with E-state index in [0.29, 0.717) is 38.9 Å². The van der Waals surface area contributed by atoms with Gasteiger partial charge in [0, 0.05) is 46.7 Å². The van der Waals surface area contributed by atoms with E-state index in [1.54, 1.807) is 11.8 Å². The smallest absolute Gasteiger partial charge is 0.329 e. The third kappa shape index (κ3) is 6.16. The normalized spacial score (nSPS) is 16.8. The number of fused-ring (bicyclic) bond motifs is 1. The number of carbonyl (C=O) groups is 3. The average Bonchev–Trinajstić information content (AvgIpc) is 2.85. The van der Waals surface area contributed by atoms with Crippen molar-refractivity contribution in [3.05, 3.63) is 62.5 Å². The van der Waals surface area contributed by atoms with Gasteiger partial charge in [-0.3, -0.25) is 0 Å². The predicted molar refractivity (Wildman–Crippen MR) is 140 cm³/mol. The van der Waals surface area contributed by atoms with Crippen LogP contribution in [0.25, 0.3) is 0 Å². The van der Waals surface area contributed by atoms with Crippen molar-refractivity contribution >= 4 is 55.6 Å². The van der Waals surface area contributed by atoms with E-state index in [1.807, 2.05) is 47.4 Å². The lowest BCUT2D eigenvalue weighted by Gasteiger charge is -2.40. The van der Waals surface area contributed by atoms with Crippen LogP contribution >= 0.6 is 31.9 Å². The van der Waals surface area contributed by atoms with Crippen LogP contribution in [0.4, 0.5) is 15.3 Å². The van der Waals surface area contributed by atoms with Crippen molar-refractivity contribution in [2.24, 2.45) is 0 Å². The Morgan fingerprint density at radius 2 is 1.89 bits per heavy atom. The molecule has 2 aliphatic rings. The van der Waals surface area contributed by atoms with Gasteiger partial charge in [0.2, 0.25) is 0 Å². The standard InChI is InChI=1S/C25H28Br2N4O4/c1-2-35-23(32)22(14-16-7-8-19(26)20(27)13-16)29-24(33)30-11-9-18(10-12-30)31-15-17-5-3-4-6-21(17)28-25(31)34/h3-8,13,18,22H,2,9-12,14-15H2,1H3,(H,28,34)(H,29,33). The first kappa shape index (κ1) is 25.5. The molecule has 186 valence electrons. The molecule has 0 saturated carbocycles. The van der Waals surface area contributed by atoms with Crippen LogP contribution in [0.15, 0.2) is 51.4 Å². The number of hydrogen-bond donors (Lipinski definition) is 2. The van der Waals surface area contributed by atoms with E-state index >= 15 is 0 Å². The predicted octanol–water partition coefficient (Wildman–Crippen LogP) is 4.91. The lowest BCUT2D eigenvalue weighted by Crippen LogP contribution is -2.55. The van der Waals surface area contributed by atoms with Crippen molar-refractivity contribution < 1.29 is 19.1 Å². The van der Waals surface area contributed by atoms with E-state index < -0.39 is 12.0 Å². The highest BCUT2D eigenvalue weighted by Crippen LogP contribution is 2.28. The molecule has 4 rings (SSSR count). The third-order valence-electron chi connectivity index (χ3n) is 6.35. The number of nitrogens with one attached hydrogen (secondary N) is 2. The highest BCUT2D eigenvalue weighted by Gasteiger charge is 2.33. The fourth-order valence-corrected chi connectivity index (χ4v) is 5.15. The van der Waals surface area contributed by atoms with E-state index in [9.17, 15) is 14.4 Å². The Morgan fingerprint density at radius 1 is 1.14 bits per heavy atom. The maximum atomic E-state index is 13.0. The van der Waals surface area contributed by atoms with Gasteiger partial charge in [0.25, 0.3) is 0 Å². The van der Waals surface area contributed by atoms with E-state index in [-0.39, 0.29) is 24.7 Å². The Hall–Kier alpha value is -2.59. The largest absolute Gasteiger partial charge is 0.464 e. The van der Waals surface area contributed by atoms with Crippen LogP contribution in [0.3, 0.4) is 0 Å². The van der Waals surface area contributed by atoms with Gasteiger partial charge >= 0.3 is 18.0 Å². The maximum Gasteiger partial charge on any atom is 0.329 e. The van der Waals surface area contributed by atoms with E-state index in [0.717, 1.165) is 25.8 Å². The number of para-hydroxylation sites is 1. The summed E-state index contributed by atoms with van der Waals surface area (Å²) in [5.74, 6) is -0.460. The number of anilines is 1. The molecule has 0 spiro atoms. The van der Waals surface area contributed by atoms with Crippen molar-refractivity contribution in [3.8, 4) is 0 Å². The van der Waals surface area contributed by atoms with Crippen molar-refractivity contribution in [2.75, 3.05) is 25.0 Å². The van der Waals surface area contributed by atoms with Crippen LogP contribution in [0.2, 0.25) is 0 Å². The Labute approximate surface area is 221 Å². The van der Waals surface area contributed by atoms with Gasteiger partial charge in [0.05, 0.1) is 6.61 Å².